The molecule has 1 aromatic heterocycles. The van der Waals surface area contributed by atoms with E-state index in [1.54, 1.807) is 12.1 Å². The van der Waals surface area contributed by atoms with Crippen molar-refractivity contribution in [1.82, 2.24) is 9.36 Å². The third-order valence-corrected chi connectivity index (χ3v) is 5.41. The molecule has 0 saturated heterocycles. The van der Waals surface area contributed by atoms with E-state index in [9.17, 15) is 8.42 Å². The lowest BCUT2D eigenvalue weighted by Crippen LogP contribution is -2.03. The Kier molecular flexibility index (Phi) is 4.12. The standard InChI is InChI=1S/C11H13N3O2S3/c1-3-9-13-11(18-14-9)17-7-5-4-6-8(10(7)12)19(2,15)16/h4-6H,3,12H2,1-2H3. The zero-order valence-electron chi connectivity index (χ0n) is 10.5. The van der Waals surface area contributed by atoms with Crippen LogP contribution in [0.2, 0.25) is 0 Å². The molecule has 1 heterocycles. The van der Waals surface area contributed by atoms with E-state index >= 15 is 0 Å². The minimum absolute atomic E-state index is 0.151. The Morgan fingerprint density at radius 2 is 2.16 bits per heavy atom. The van der Waals surface area contributed by atoms with Crippen molar-refractivity contribution in [1.29, 1.82) is 0 Å². The van der Waals surface area contributed by atoms with Crippen LogP contribution in [0.15, 0.2) is 32.3 Å². The van der Waals surface area contributed by atoms with E-state index in [0.29, 0.717) is 4.90 Å². The maximum atomic E-state index is 11.6. The molecule has 0 unspecified atom stereocenters. The molecular formula is C11H13N3O2S3. The maximum Gasteiger partial charge on any atom is 0.177 e. The van der Waals surface area contributed by atoms with Crippen molar-refractivity contribution in [2.75, 3.05) is 12.0 Å². The quantitative estimate of drug-likeness (QED) is 0.871. The van der Waals surface area contributed by atoms with Crippen LogP contribution in [-0.4, -0.2) is 24.0 Å². The van der Waals surface area contributed by atoms with Crippen molar-refractivity contribution in [2.45, 2.75) is 27.5 Å². The lowest BCUT2D eigenvalue weighted by atomic mass is 10.3. The Balaban J connectivity index is 2.36. The second-order valence-electron chi connectivity index (χ2n) is 3.87. The summed E-state index contributed by atoms with van der Waals surface area (Å²) in [5.74, 6) is 0.783. The molecule has 0 bridgehead atoms. The lowest BCUT2D eigenvalue weighted by Gasteiger charge is -2.07. The number of aromatic nitrogens is 2. The molecule has 0 radical (unpaired) electrons. The molecule has 2 aromatic rings. The van der Waals surface area contributed by atoms with Gasteiger partial charge in [-0.25, -0.2) is 13.4 Å². The van der Waals surface area contributed by atoms with Crippen LogP contribution in [0.3, 0.4) is 0 Å². The van der Waals surface area contributed by atoms with Crippen molar-refractivity contribution in [3.05, 3.63) is 24.0 Å². The van der Waals surface area contributed by atoms with Crippen LogP contribution in [0.25, 0.3) is 0 Å². The highest BCUT2D eigenvalue weighted by Gasteiger charge is 2.15. The Labute approximate surface area is 120 Å². The highest BCUT2D eigenvalue weighted by Crippen LogP contribution is 2.35. The van der Waals surface area contributed by atoms with E-state index in [1.165, 1.54) is 29.4 Å². The first kappa shape index (κ1) is 14.3. The van der Waals surface area contributed by atoms with Crippen LogP contribution in [0.1, 0.15) is 12.7 Å². The molecule has 0 atom stereocenters. The molecule has 0 saturated carbocycles. The normalized spacial score (nSPS) is 11.7. The average Bonchev–Trinajstić information content (AvgIpc) is 2.78. The second-order valence-corrected chi connectivity index (χ2v) is 7.90. The molecule has 0 aliphatic heterocycles. The average molecular weight is 315 g/mol. The number of para-hydroxylation sites is 1. The first-order valence-corrected chi connectivity index (χ1v) is 8.99. The van der Waals surface area contributed by atoms with Crippen LogP contribution in [0.4, 0.5) is 5.69 Å². The fraction of sp³-hybridized carbons (Fsp3) is 0.273. The van der Waals surface area contributed by atoms with Gasteiger partial charge in [0.05, 0.1) is 10.6 Å². The fourth-order valence-corrected chi connectivity index (χ4v) is 4.09. The summed E-state index contributed by atoms with van der Waals surface area (Å²) in [4.78, 5) is 5.16. The molecule has 5 nitrogen and oxygen atoms in total. The van der Waals surface area contributed by atoms with E-state index in [-0.39, 0.29) is 10.6 Å². The van der Waals surface area contributed by atoms with Gasteiger partial charge in [-0.15, -0.1) is 0 Å². The Bertz CT molecular complexity index is 695. The van der Waals surface area contributed by atoms with Crippen LogP contribution < -0.4 is 5.73 Å². The van der Waals surface area contributed by atoms with Crippen LogP contribution in [0.5, 0.6) is 0 Å². The van der Waals surface area contributed by atoms with Gasteiger partial charge in [0.1, 0.15) is 5.82 Å². The van der Waals surface area contributed by atoms with Crippen LogP contribution in [0, 0.1) is 0 Å². The molecule has 0 amide bonds. The Morgan fingerprint density at radius 1 is 1.42 bits per heavy atom. The number of nitrogens with zero attached hydrogens (tertiary/aromatic N) is 2. The molecular weight excluding hydrogens is 302 g/mol. The number of rotatable bonds is 4. The van der Waals surface area contributed by atoms with E-state index < -0.39 is 9.84 Å². The van der Waals surface area contributed by atoms with E-state index in [2.05, 4.69) is 9.36 Å². The number of nitrogens with two attached hydrogens (primary N) is 1. The van der Waals surface area contributed by atoms with Crippen molar-refractivity contribution in [3.63, 3.8) is 0 Å². The van der Waals surface area contributed by atoms with Crippen molar-refractivity contribution in [2.24, 2.45) is 0 Å². The second kappa shape index (κ2) is 5.48. The minimum Gasteiger partial charge on any atom is -0.397 e. The van der Waals surface area contributed by atoms with Gasteiger partial charge in [0.2, 0.25) is 0 Å². The molecule has 1 aromatic carbocycles. The molecule has 102 valence electrons. The molecule has 0 aliphatic rings. The SMILES string of the molecule is CCc1nsc(Sc2cccc(S(C)(=O)=O)c2N)n1. The van der Waals surface area contributed by atoms with Gasteiger partial charge in [0.25, 0.3) is 0 Å². The third-order valence-electron chi connectivity index (χ3n) is 2.39. The first-order valence-electron chi connectivity index (χ1n) is 5.50. The molecule has 2 N–H and O–H groups in total. The van der Waals surface area contributed by atoms with Gasteiger partial charge in [0.15, 0.2) is 14.2 Å². The summed E-state index contributed by atoms with van der Waals surface area (Å²) in [5.41, 5.74) is 6.18. The lowest BCUT2D eigenvalue weighted by molar-refractivity contribution is 0.602. The highest BCUT2D eigenvalue weighted by atomic mass is 32.2. The van der Waals surface area contributed by atoms with E-state index in [1.807, 2.05) is 6.92 Å². The molecule has 0 spiro atoms. The number of hydrogen-bond donors (Lipinski definition) is 1. The molecule has 19 heavy (non-hydrogen) atoms. The number of aryl methyl sites for hydroxylation is 1. The maximum absolute atomic E-state index is 11.6. The van der Waals surface area contributed by atoms with Gasteiger partial charge >= 0.3 is 0 Å². The van der Waals surface area contributed by atoms with Crippen molar-refractivity contribution >= 4 is 38.8 Å². The zero-order chi connectivity index (χ0) is 14.0. The van der Waals surface area contributed by atoms with Crippen LogP contribution in [-0.2, 0) is 16.3 Å². The number of benzene rings is 1. The summed E-state index contributed by atoms with van der Waals surface area (Å²) in [7, 11) is -3.32. The fourth-order valence-electron chi connectivity index (χ4n) is 1.45. The molecule has 0 fully saturated rings. The smallest absolute Gasteiger partial charge is 0.177 e. The zero-order valence-corrected chi connectivity index (χ0v) is 12.9. The number of sulfone groups is 1. The summed E-state index contributed by atoms with van der Waals surface area (Å²) >= 11 is 2.62. The monoisotopic (exact) mass is 315 g/mol. The van der Waals surface area contributed by atoms with Gasteiger partial charge in [-0.3, -0.25) is 0 Å². The molecule has 2 rings (SSSR count). The van der Waals surface area contributed by atoms with E-state index in [4.69, 9.17) is 5.73 Å². The summed E-state index contributed by atoms with van der Waals surface area (Å²) in [6, 6.07) is 4.96. The number of anilines is 1. The van der Waals surface area contributed by atoms with Gasteiger partial charge < -0.3 is 5.73 Å². The van der Waals surface area contributed by atoms with Gasteiger partial charge in [-0.1, -0.05) is 24.8 Å². The predicted octanol–water partition coefficient (Wildman–Crippen LogP) is 2.24. The Hall–Kier alpha value is -1.12. The van der Waals surface area contributed by atoms with Gasteiger partial charge in [-0.2, -0.15) is 4.37 Å². The molecule has 0 aliphatic carbocycles. The van der Waals surface area contributed by atoms with Crippen molar-refractivity contribution in [3.8, 4) is 0 Å². The van der Waals surface area contributed by atoms with Gasteiger partial charge in [0, 0.05) is 17.6 Å². The first-order chi connectivity index (χ1) is 8.91. The summed E-state index contributed by atoms with van der Waals surface area (Å²) in [6.45, 7) is 1.98. The predicted molar refractivity (Wildman–Crippen MR) is 77.4 cm³/mol. The third kappa shape index (κ3) is 3.26. The minimum atomic E-state index is -3.32. The summed E-state index contributed by atoms with van der Waals surface area (Å²) < 4.78 is 28.1. The number of hydrogen-bond acceptors (Lipinski definition) is 7. The van der Waals surface area contributed by atoms with Crippen molar-refractivity contribution < 1.29 is 8.42 Å². The summed E-state index contributed by atoms with van der Waals surface area (Å²) in [6.07, 6.45) is 1.92. The number of nitrogen functional groups attached to an aromatic ring is 1. The van der Waals surface area contributed by atoms with Crippen LogP contribution >= 0.6 is 23.3 Å². The highest BCUT2D eigenvalue weighted by molar-refractivity contribution is 8.01. The topological polar surface area (TPSA) is 85.9 Å². The Morgan fingerprint density at radius 3 is 2.74 bits per heavy atom. The summed E-state index contributed by atoms with van der Waals surface area (Å²) in [5, 5.41) is 0. The molecule has 8 heteroatoms. The van der Waals surface area contributed by atoms with Gasteiger partial charge in [-0.05, 0) is 23.7 Å². The van der Waals surface area contributed by atoms with E-state index in [0.717, 1.165) is 22.8 Å². The largest absolute Gasteiger partial charge is 0.397 e.